The van der Waals surface area contributed by atoms with Gasteiger partial charge in [-0.3, -0.25) is 4.79 Å². The number of carbonyl (C=O) groups excluding carboxylic acids is 1. The van der Waals surface area contributed by atoms with Crippen molar-refractivity contribution >= 4 is 5.91 Å². The Morgan fingerprint density at radius 3 is 2.95 bits per heavy atom. The first kappa shape index (κ1) is 12.7. The van der Waals surface area contributed by atoms with E-state index in [1.807, 2.05) is 6.07 Å². The monoisotopic (exact) mass is 258 g/mol. The van der Waals surface area contributed by atoms with Crippen LogP contribution in [0.1, 0.15) is 47.2 Å². The summed E-state index contributed by atoms with van der Waals surface area (Å²) in [7, 11) is 0. The Hall–Kier alpha value is -1.35. The van der Waals surface area contributed by atoms with E-state index < -0.39 is 0 Å². The molecule has 0 spiro atoms. The van der Waals surface area contributed by atoms with Gasteiger partial charge in [0.2, 0.25) is 0 Å². The fourth-order valence-corrected chi connectivity index (χ4v) is 3.15. The molecule has 2 N–H and O–H groups in total. The minimum absolute atomic E-state index is 0.0987. The molecule has 1 aliphatic carbocycles. The van der Waals surface area contributed by atoms with Gasteiger partial charge >= 0.3 is 0 Å². The van der Waals surface area contributed by atoms with Crippen molar-refractivity contribution in [3.05, 3.63) is 34.9 Å². The predicted molar refractivity (Wildman–Crippen MR) is 76.4 cm³/mol. The lowest BCUT2D eigenvalue weighted by atomic mass is 10.0. The van der Waals surface area contributed by atoms with Crippen molar-refractivity contribution in [3.63, 3.8) is 0 Å². The fourth-order valence-electron chi connectivity index (χ4n) is 3.15. The lowest BCUT2D eigenvalue weighted by Crippen LogP contribution is -2.35. The molecule has 3 heteroatoms. The van der Waals surface area contributed by atoms with Gasteiger partial charge in [0.1, 0.15) is 0 Å². The number of amides is 1. The van der Waals surface area contributed by atoms with E-state index in [9.17, 15) is 4.79 Å². The summed E-state index contributed by atoms with van der Waals surface area (Å²) >= 11 is 0. The Balaban J connectivity index is 1.66. The van der Waals surface area contributed by atoms with Gasteiger partial charge < -0.3 is 10.6 Å². The molecule has 1 aromatic carbocycles. The second kappa shape index (κ2) is 5.74. The van der Waals surface area contributed by atoms with Gasteiger partial charge in [0.15, 0.2) is 0 Å². The molecule has 2 aliphatic rings. The van der Waals surface area contributed by atoms with Crippen molar-refractivity contribution in [2.45, 2.75) is 44.6 Å². The second-order valence-electron chi connectivity index (χ2n) is 5.69. The summed E-state index contributed by atoms with van der Waals surface area (Å²) in [5.41, 5.74) is 3.63. The van der Waals surface area contributed by atoms with E-state index in [1.54, 1.807) is 0 Å². The van der Waals surface area contributed by atoms with Gasteiger partial charge in [-0.05, 0) is 74.9 Å². The highest BCUT2D eigenvalue weighted by Crippen LogP contribution is 2.22. The van der Waals surface area contributed by atoms with Gasteiger partial charge in [0, 0.05) is 11.6 Å². The molecule has 0 saturated carbocycles. The third-order valence-electron chi connectivity index (χ3n) is 4.27. The Kier molecular flexibility index (Phi) is 3.83. The molecule has 0 aromatic heterocycles. The SMILES string of the molecule is O=C(NC1CCCNCC1)c1ccc2c(c1)CCC2. The molecule has 1 atom stereocenters. The maximum atomic E-state index is 12.3. The first-order valence-electron chi connectivity index (χ1n) is 7.46. The minimum Gasteiger partial charge on any atom is -0.349 e. The molecule has 0 radical (unpaired) electrons. The number of hydrogen-bond donors (Lipinski definition) is 2. The van der Waals surface area contributed by atoms with Crippen molar-refractivity contribution in [3.8, 4) is 0 Å². The van der Waals surface area contributed by atoms with Gasteiger partial charge in [-0.1, -0.05) is 6.07 Å². The zero-order valence-electron chi connectivity index (χ0n) is 11.4. The zero-order valence-corrected chi connectivity index (χ0v) is 11.4. The summed E-state index contributed by atoms with van der Waals surface area (Å²) < 4.78 is 0. The maximum absolute atomic E-state index is 12.3. The zero-order chi connectivity index (χ0) is 13.1. The quantitative estimate of drug-likeness (QED) is 0.852. The molecule has 1 aliphatic heterocycles. The second-order valence-corrected chi connectivity index (χ2v) is 5.69. The molecular formula is C16H22N2O. The molecule has 1 saturated heterocycles. The van der Waals surface area contributed by atoms with E-state index in [0.29, 0.717) is 6.04 Å². The summed E-state index contributed by atoms with van der Waals surface area (Å²) in [6, 6.07) is 6.53. The summed E-state index contributed by atoms with van der Waals surface area (Å²) in [4.78, 5) is 12.3. The van der Waals surface area contributed by atoms with E-state index in [0.717, 1.165) is 44.3 Å². The van der Waals surface area contributed by atoms with Crippen LogP contribution in [0.15, 0.2) is 18.2 Å². The topological polar surface area (TPSA) is 41.1 Å². The average molecular weight is 258 g/mol. The molecule has 102 valence electrons. The number of fused-ring (bicyclic) bond motifs is 1. The third-order valence-corrected chi connectivity index (χ3v) is 4.27. The minimum atomic E-state index is 0.0987. The summed E-state index contributed by atoms with van der Waals surface area (Å²) in [6.07, 6.45) is 6.81. The lowest BCUT2D eigenvalue weighted by Gasteiger charge is -2.16. The van der Waals surface area contributed by atoms with Crippen LogP contribution in [0.3, 0.4) is 0 Å². The average Bonchev–Trinajstić information content (AvgIpc) is 2.75. The van der Waals surface area contributed by atoms with Crippen LogP contribution in [0.5, 0.6) is 0 Å². The molecule has 3 rings (SSSR count). The molecule has 1 amide bonds. The highest BCUT2D eigenvalue weighted by Gasteiger charge is 2.17. The van der Waals surface area contributed by atoms with Crippen LogP contribution in [0.4, 0.5) is 0 Å². The lowest BCUT2D eigenvalue weighted by molar-refractivity contribution is 0.0934. The predicted octanol–water partition coefficient (Wildman–Crippen LogP) is 2.05. The molecule has 19 heavy (non-hydrogen) atoms. The highest BCUT2D eigenvalue weighted by atomic mass is 16.1. The van der Waals surface area contributed by atoms with Crippen molar-refractivity contribution < 1.29 is 4.79 Å². The number of hydrogen-bond acceptors (Lipinski definition) is 2. The van der Waals surface area contributed by atoms with Crippen molar-refractivity contribution in [2.75, 3.05) is 13.1 Å². The number of benzene rings is 1. The fraction of sp³-hybridized carbons (Fsp3) is 0.562. The van der Waals surface area contributed by atoms with Crippen LogP contribution >= 0.6 is 0 Å². The van der Waals surface area contributed by atoms with Crippen LogP contribution in [0, 0.1) is 0 Å². The molecule has 3 nitrogen and oxygen atoms in total. The number of rotatable bonds is 2. The first-order chi connectivity index (χ1) is 9.33. The summed E-state index contributed by atoms with van der Waals surface area (Å²) in [5, 5.41) is 6.56. The smallest absolute Gasteiger partial charge is 0.251 e. The van der Waals surface area contributed by atoms with Crippen molar-refractivity contribution in [1.82, 2.24) is 10.6 Å². The standard InChI is InChI=1S/C16H22N2O/c19-16(18-15-5-2-9-17-10-8-15)14-7-6-12-3-1-4-13(12)11-14/h6-7,11,15,17H,1-5,8-10H2,(H,18,19). The van der Waals surface area contributed by atoms with Gasteiger partial charge in [-0.15, -0.1) is 0 Å². The van der Waals surface area contributed by atoms with Crippen LogP contribution < -0.4 is 10.6 Å². The van der Waals surface area contributed by atoms with Crippen LogP contribution in [-0.4, -0.2) is 25.0 Å². The molecule has 0 bridgehead atoms. The van der Waals surface area contributed by atoms with E-state index in [4.69, 9.17) is 0 Å². The summed E-state index contributed by atoms with van der Waals surface area (Å²) in [5.74, 6) is 0.0987. The van der Waals surface area contributed by atoms with Crippen molar-refractivity contribution in [2.24, 2.45) is 0 Å². The van der Waals surface area contributed by atoms with E-state index >= 15 is 0 Å². The number of nitrogens with one attached hydrogen (secondary N) is 2. The van der Waals surface area contributed by atoms with Crippen LogP contribution in [0.2, 0.25) is 0 Å². The summed E-state index contributed by atoms with van der Waals surface area (Å²) in [6.45, 7) is 2.08. The molecule has 1 fully saturated rings. The Bertz CT molecular complexity index is 462. The maximum Gasteiger partial charge on any atom is 0.251 e. The number of carbonyl (C=O) groups is 1. The van der Waals surface area contributed by atoms with E-state index in [-0.39, 0.29) is 5.91 Å². The molecule has 1 unspecified atom stereocenters. The first-order valence-corrected chi connectivity index (χ1v) is 7.46. The van der Waals surface area contributed by atoms with Crippen molar-refractivity contribution in [1.29, 1.82) is 0 Å². The van der Waals surface area contributed by atoms with Crippen LogP contribution in [0.25, 0.3) is 0 Å². The Morgan fingerprint density at radius 2 is 2.00 bits per heavy atom. The third kappa shape index (κ3) is 2.98. The highest BCUT2D eigenvalue weighted by molar-refractivity contribution is 5.94. The van der Waals surface area contributed by atoms with Gasteiger partial charge in [-0.2, -0.15) is 0 Å². The normalized spacial score (nSPS) is 22.6. The molecule has 1 heterocycles. The molecule has 1 aromatic rings. The van der Waals surface area contributed by atoms with Gasteiger partial charge in [0.25, 0.3) is 5.91 Å². The van der Waals surface area contributed by atoms with E-state index in [1.165, 1.54) is 24.0 Å². The van der Waals surface area contributed by atoms with Gasteiger partial charge in [0.05, 0.1) is 0 Å². The molecular weight excluding hydrogens is 236 g/mol. The number of aryl methyl sites for hydroxylation is 2. The Morgan fingerprint density at radius 1 is 1.11 bits per heavy atom. The van der Waals surface area contributed by atoms with Crippen LogP contribution in [-0.2, 0) is 12.8 Å². The van der Waals surface area contributed by atoms with E-state index in [2.05, 4.69) is 22.8 Å². The largest absolute Gasteiger partial charge is 0.349 e. The Labute approximate surface area is 114 Å². The van der Waals surface area contributed by atoms with Gasteiger partial charge in [-0.25, -0.2) is 0 Å².